The SMILES string of the molecule is Cc1[c-]c2ccccc2[c-]c(C)c2[n-]c(c(C)c2C)c2[n-]c1c(C)c2C.[Pt+4]. The molecule has 4 aromatic rings. The number of rotatable bonds is 0. The van der Waals surface area contributed by atoms with Gasteiger partial charge in [0.1, 0.15) is 0 Å². The van der Waals surface area contributed by atoms with Crippen molar-refractivity contribution in [2.45, 2.75) is 41.5 Å². The molecule has 3 heterocycles. The smallest absolute Gasteiger partial charge is 0.702 e. The first kappa shape index (κ1) is 19.7. The maximum Gasteiger partial charge on any atom is 4.00 e. The zero-order chi connectivity index (χ0) is 18.6. The Morgan fingerprint density at radius 2 is 0.889 bits per heavy atom. The van der Waals surface area contributed by atoms with Crippen molar-refractivity contribution in [3.05, 3.63) is 69.8 Å². The Labute approximate surface area is 175 Å². The van der Waals surface area contributed by atoms with Crippen molar-refractivity contribution in [1.82, 2.24) is 9.97 Å². The van der Waals surface area contributed by atoms with Crippen LogP contribution in [0.5, 0.6) is 0 Å². The summed E-state index contributed by atoms with van der Waals surface area (Å²) in [5, 5.41) is 2.07. The van der Waals surface area contributed by atoms with Crippen LogP contribution in [0.2, 0.25) is 0 Å². The second-order valence-corrected chi connectivity index (χ2v) is 7.16. The maximum absolute atomic E-state index is 4.98. The monoisotopic (exact) mass is 533 g/mol. The molecule has 0 saturated heterocycles. The van der Waals surface area contributed by atoms with Crippen LogP contribution >= 0.6 is 0 Å². The van der Waals surface area contributed by atoms with Gasteiger partial charge in [-0.1, -0.05) is 25.0 Å². The minimum atomic E-state index is 0. The Kier molecular flexibility index (Phi) is 5.23. The van der Waals surface area contributed by atoms with Gasteiger partial charge >= 0.3 is 21.1 Å². The molecule has 4 bridgehead atoms. The van der Waals surface area contributed by atoms with Gasteiger partial charge in [-0.15, -0.1) is 23.3 Å². The fraction of sp³-hybridized carbons (Fsp3) is 0.250. The third-order valence-electron chi connectivity index (χ3n) is 5.50. The van der Waals surface area contributed by atoms with E-state index >= 15 is 0 Å². The third kappa shape index (κ3) is 3.11. The van der Waals surface area contributed by atoms with Crippen molar-refractivity contribution in [2.75, 3.05) is 0 Å². The van der Waals surface area contributed by atoms with Crippen LogP contribution in [0.25, 0.3) is 32.8 Å². The first-order chi connectivity index (χ1) is 12.4. The van der Waals surface area contributed by atoms with Crippen LogP contribution in [-0.4, -0.2) is 0 Å². The van der Waals surface area contributed by atoms with Gasteiger partial charge in [0.15, 0.2) is 0 Å². The number of aryl methyl sites for hydroxylation is 6. The Hall–Kier alpha value is -2.05. The van der Waals surface area contributed by atoms with Gasteiger partial charge < -0.3 is 9.97 Å². The number of hydrogen-bond acceptors (Lipinski definition) is 0. The van der Waals surface area contributed by atoms with Gasteiger partial charge in [0.25, 0.3) is 0 Å². The average molecular weight is 534 g/mol. The van der Waals surface area contributed by atoms with Crippen LogP contribution in [0.1, 0.15) is 33.4 Å². The minimum Gasteiger partial charge on any atom is -0.702 e. The van der Waals surface area contributed by atoms with Crippen molar-refractivity contribution < 1.29 is 21.1 Å². The largest absolute Gasteiger partial charge is 4.00 e. The van der Waals surface area contributed by atoms with Crippen molar-refractivity contribution in [3.63, 3.8) is 0 Å². The molecule has 0 radical (unpaired) electrons. The number of hydrogen-bond donors (Lipinski definition) is 0. The summed E-state index contributed by atoms with van der Waals surface area (Å²) in [6.07, 6.45) is 0. The summed E-state index contributed by atoms with van der Waals surface area (Å²) in [6.45, 7) is 12.7. The van der Waals surface area contributed by atoms with E-state index < -0.39 is 0 Å². The van der Waals surface area contributed by atoms with E-state index in [2.05, 4.69) is 65.8 Å². The Morgan fingerprint density at radius 3 is 1.26 bits per heavy atom. The molecular formula is C24H22N2Pt. The first-order valence-electron chi connectivity index (χ1n) is 8.97. The molecule has 1 aromatic carbocycles. The van der Waals surface area contributed by atoms with Gasteiger partial charge in [0, 0.05) is 0 Å². The summed E-state index contributed by atoms with van der Waals surface area (Å²) in [6, 6.07) is 15.3. The molecule has 2 nitrogen and oxygen atoms in total. The standard InChI is InChI=1S/C24H22N2.Pt/c1-13-11-19-9-7-8-10-20(19)12-14(2)22-16(4)18(6)24(26-22)23-17(5)15(3)21(13)25-23;/h7-10H,1-6H3;/q-4;+4. The molecule has 0 N–H and O–H groups in total. The molecule has 0 spiro atoms. The molecule has 138 valence electrons. The fourth-order valence-corrected chi connectivity index (χ4v) is 3.68. The van der Waals surface area contributed by atoms with Gasteiger partial charge in [-0.3, -0.25) is 0 Å². The van der Waals surface area contributed by atoms with Gasteiger partial charge in [-0.2, -0.15) is 46.4 Å². The van der Waals surface area contributed by atoms with Crippen LogP contribution in [0.4, 0.5) is 0 Å². The normalized spacial score (nSPS) is 11.0. The van der Waals surface area contributed by atoms with Crippen LogP contribution < -0.4 is 9.97 Å². The fourth-order valence-electron chi connectivity index (χ4n) is 3.68. The summed E-state index contributed by atoms with van der Waals surface area (Å²) in [4.78, 5) is 9.96. The molecule has 4 rings (SSSR count). The van der Waals surface area contributed by atoms with Crippen LogP contribution in [-0.2, 0) is 21.1 Å². The van der Waals surface area contributed by atoms with Crippen molar-refractivity contribution >= 4 is 32.8 Å². The molecule has 0 fully saturated rings. The predicted octanol–water partition coefficient (Wildman–Crippen LogP) is 5.63. The molecule has 3 heteroatoms. The molecule has 0 unspecified atom stereocenters. The van der Waals surface area contributed by atoms with Gasteiger partial charge in [0.05, 0.1) is 0 Å². The first-order valence-corrected chi connectivity index (χ1v) is 8.97. The van der Waals surface area contributed by atoms with E-state index in [9.17, 15) is 0 Å². The Morgan fingerprint density at radius 1 is 0.556 bits per heavy atom. The van der Waals surface area contributed by atoms with Crippen LogP contribution in [0.15, 0.2) is 24.3 Å². The zero-order valence-corrected chi connectivity index (χ0v) is 18.8. The second kappa shape index (κ2) is 7.17. The molecule has 0 aliphatic carbocycles. The predicted molar refractivity (Wildman–Crippen MR) is 109 cm³/mol. The van der Waals surface area contributed by atoms with E-state index in [1.165, 1.54) is 22.3 Å². The van der Waals surface area contributed by atoms with Crippen molar-refractivity contribution in [2.24, 2.45) is 0 Å². The van der Waals surface area contributed by atoms with Gasteiger partial charge in [0.2, 0.25) is 0 Å². The summed E-state index contributed by atoms with van der Waals surface area (Å²) < 4.78 is 0. The summed E-state index contributed by atoms with van der Waals surface area (Å²) >= 11 is 0. The summed E-state index contributed by atoms with van der Waals surface area (Å²) in [7, 11) is 0. The molecule has 0 saturated carbocycles. The molecule has 3 aromatic heterocycles. The molecule has 0 amide bonds. The summed E-state index contributed by atoms with van der Waals surface area (Å²) in [5.74, 6) is 0. The number of fused-ring (bicyclic) bond motifs is 6. The molecule has 0 atom stereocenters. The van der Waals surface area contributed by atoms with E-state index in [1.807, 2.05) is 12.1 Å². The van der Waals surface area contributed by atoms with Crippen LogP contribution in [0, 0.1) is 53.7 Å². The second-order valence-electron chi connectivity index (χ2n) is 7.16. The van der Waals surface area contributed by atoms with E-state index in [4.69, 9.17) is 9.97 Å². The molecule has 27 heavy (non-hydrogen) atoms. The molecule has 0 aliphatic rings. The van der Waals surface area contributed by atoms with E-state index in [-0.39, 0.29) is 21.1 Å². The maximum atomic E-state index is 4.98. The molecular weight excluding hydrogens is 511 g/mol. The van der Waals surface area contributed by atoms with Crippen LogP contribution in [0.3, 0.4) is 0 Å². The third-order valence-corrected chi connectivity index (χ3v) is 5.50. The van der Waals surface area contributed by atoms with E-state index in [0.29, 0.717) is 0 Å². The van der Waals surface area contributed by atoms with Crippen molar-refractivity contribution in [3.8, 4) is 0 Å². The quantitative estimate of drug-likeness (QED) is 0.274. The Bertz CT molecular complexity index is 1140. The van der Waals surface area contributed by atoms with E-state index in [1.54, 1.807) is 0 Å². The minimum absolute atomic E-state index is 0. The number of benzene rings is 1. The topological polar surface area (TPSA) is 28.2 Å². The number of nitrogens with zero attached hydrogens (tertiary/aromatic N) is 2. The zero-order valence-electron chi connectivity index (χ0n) is 16.5. The van der Waals surface area contributed by atoms with Crippen molar-refractivity contribution in [1.29, 1.82) is 0 Å². The van der Waals surface area contributed by atoms with E-state index in [0.717, 1.165) is 44.0 Å². The van der Waals surface area contributed by atoms with Gasteiger partial charge in [-0.25, -0.2) is 21.8 Å². The summed E-state index contributed by atoms with van der Waals surface area (Å²) in [5.41, 5.74) is 10.9. The average Bonchev–Trinajstić information content (AvgIpc) is 3.07. The number of aromatic nitrogens is 2. The Balaban J connectivity index is 0.00000210. The molecule has 0 aliphatic heterocycles. The van der Waals surface area contributed by atoms with Gasteiger partial charge in [-0.05, 0) is 27.7 Å².